The molecule has 0 N–H and O–H groups in total. The molecule has 1 aliphatic rings. The van der Waals surface area contributed by atoms with Crippen LogP contribution in [-0.2, 0) is 7.05 Å². The molecular formula is C11H16ClN3O. The highest BCUT2D eigenvalue weighted by molar-refractivity contribution is 6.33. The molecule has 0 aromatic carbocycles. The van der Waals surface area contributed by atoms with Crippen LogP contribution in [-0.4, -0.2) is 22.4 Å². The van der Waals surface area contributed by atoms with Crippen LogP contribution in [0.4, 0.5) is 5.69 Å². The molecule has 16 heavy (non-hydrogen) atoms. The van der Waals surface area contributed by atoms with Crippen LogP contribution in [0.2, 0.25) is 5.02 Å². The van der Waals surface area contributed by atoms with Crippen molar-refractivity contribution in [3.8, 4) is 0 Å². The summed E-state index contributed by atoms with van der Waals surface area (Å²) in [6.45, 7) is 3.05. The lowest BCUT2D eigenvalue weighted by Gasteiger charge is -2.24. The molecule has 0 radical (unpaired) electrons. The molecule has 5 heteroatoms. The fourth-order valence-corrected chi connectivity index (χ4v) is 2.11. The van der Waals surface area contributed by atoms with Gasteiger partial charge < -0.3 is 4.90 Å². The number of halogens is 1. The Bertz CT molecular complexity index is 439. The van der Waals surface area contributed by atoms with E-state index in [1.165, 1.54) is 17.5 Å². The Balaban J connectivity index is 2.37. The molecule has 1 aliphatic carbocycles. The summed E-state index contributed by atoms with van der Waals surface area (Å²) in [4.78, 5) is 13.9. The zero-order chi connectivity index (χ0) is 11.7. The number of nitrogens with zero attached hydrogens (tertiary/aromatic N) is 3. The van der Waals surface area contributed by atoms with Crippen molar-refractivity contribution in [2.24, 2.45) is 7.05 Å². The maximum atomic E-state index is 11.7. The Labute approximate surface area is 99.8 Å². The molecule has 0 amide bonds. The molecule has 1 fully saturated rings. The van der Waals surface area contributed by atoms with Crippen molar-refractivity contribution in [1.29, 1.82) is 0 Å². The molecule has 1 aromatic rings. The summed E-state index contributed by atoms with van der Waals surface area (Å²) in [5, 5.41) is 4.32. The van der Waals surface area contributed by atoms with E-state index in [4.69, 9.17) is 11.6 Å². The third kappa shape index (κ3) is 2.07. The van der Waals surface area contributed by atoms with Crippen LogP contribution in [0, 0.1) is 0 Å². The highest BCUT2D eigenvalue weighted by Gasteiger charge is 2.30. The highest BCUT2D eigenvalue weighted by atomic mass is 35.5. The van der Waals surface area contributed by atoms with Crippen molar-refractivity contribution < 1.29 is 0 Å². The van der Waals surface area contributed by atoms with Crippen molar-refractivity contribution in [3.63, 3.8) is 0 Å². The standard InChI is InChI=1S/C11H16ClN3O/c1-3-6-15(8-4-5-8)9-7-13-14(2)11(16)10(9)12/h7-8H,3-6H2,1-2H3. The van der Waals surface area contributed by atoms with Crippen molar-refractivity contribution >= 4 is 17.3 Å². The Hall–Kier alpha value is -1.03. The van der Waals surface area contributed by atoms with Gasteiger partial charge in [-0.15, -0.1) is 0 Å². The molecule has 0 aliphatic heterocycles. The lowest BCUT2D eigenvalue weighted by atomic mass is 10.3. The van der Waals surface area contributed by atoms with Crippen molar-refractivity contribution in [2.45, 2.75) is 32.2 Å². The van der Waals surface area contributed by atoms with E-state index in [0.717, 1.165) is 18.7 Å². The van der Waals surface area contributed by atoms with Gasteiger partial charge in [-0.25, -0.2) is 4.68 Å². The summed E-state index contributed by atoms with van der Waals surface area (Å²) in [6.07, 6.45) is 5.11. The molecule has 0 unspecified atom stereocenters. The Morgan fingerprint density at radius 2 is 2.31 bits per heavy atom. The number of rotatable bonds is 4. The van der Waals surface area contributed by atoms with Gasteiger partial charge in [0.2, 0.25) is 0 Å². The normalized spacial score (nSPS) is 15.2. The quantitative estimate of drug-likeness (QED) is 0.807. The molecule has 0 atom stereocenters. The lowest BCUT2D eigenvalue weighted by Crippen LogP contribution is -2.30. The van der Waals surface area contributed by atoms with Crippen molar-refractivity contribution in [2.75, 3.05) is 11.4 Å². The molecule has 0 bridgehead atoms. The van der Waals surface area contributed by atoms with Gasteiger partial charge in [0, 0.05) is 19.6 Å². The first-order chi connectivity index (χ1) is 7.65. The average molecular weight is 242 g/mol. The zero-order valence-corrected chi connectivity index (χ0v) is 10.4. The predicted octanol–water partition coefficient (Wildman–Crippen LogP) is 1.81. The summed E-state index contributed by atoms with van der Waals surface area (Å²) >= 11 is 6.09. The van der Waals surface area contributed by atoms with Gasteiger partial charge in [0.05, 0.1) is 11.9 Å². The van der Waals surface area contributed by atoms with Crippen LogP contribution < -0.4 is 10.5 Å². The smallest absolute Gasteiger partial charge is 0.287 e. The largest absolute Gasteiger partial charge is 0.366 e. The van der Waals surface area contributed by atoms with Gasteiger partial charge in [0.25, 0.3) is 5.56 Å². The molecule has 88 valence electrons. The summed E-state index contributed by atoms with van der Waals surface area (Å²) < 4.78 is 1.27. The third-order valence-corrected chi connectivity index (χ3v) is 3.18. The van der Waals surface area contributed by atoms with E-state index in [2.05, 4.69) is 16.9 Å². The topological polar surface area (TPSA) is 38.1 Å². The average Bonchev–Trinajstić information content (AvgIpc) is 3.08. The molecule has 0 saturated heterocycles. The Morgan fingerprint density at radius 3 is 2.88 bits per heavy atom. The van der Waals surface area contributed by atoms with Gasteiger partial charge in [0.1, 0.15) is 5.02 Å². The first kappa shape index (κ1) is 11.5. The van der Waals surface area contributed by atoms with E-state index in [-0.39, 0.29) is 10.6 Å². The first-order valence-electron chi connectivity index (χ1n) is 5.63. The molecule has 1 saturated carbocycles. The maximum Gasteiger partial charge on any atom is 0.287 e. The lowest BCUT2D eigenvalue weighted by molar-refractivity contribution is 0.693. The number of aryl methyl sites for hydroxylation is 1. The SMILES string of the molecule is CCCN(c1cnn(C)c(=O)c1Cl)C1CC1. The maximum absolute atomic E-state index is 11.7. The minimum atomic E-state index is -0.221. The van der Waals surface area contributed by atoms with Gasteiger partial charge in [-0.1, -0.05) is 18.5 Å². The van der Waals surface area contributed by atoms with Crippen LogP contribution in [0.15, 0.2) is 11.0 Å². The molecular weight excluding hydrogens is 226 g/mol. The zero-order valence-electron chi connectivity index (χ0n) is 9.61. The Kier molecular flexibility index (Phi) is 3.19. The monoisotopic (exact) mass is 241 g/mol. The van der Waals surface area contributed by atoms with Crippen LogP contribution in [0.1, 0.15) is 26.2 Å². The van der Waals surface area contributed by atoms with Crippen LogP contribution >= 0.6 is 11.6 Å². The second-order valence-corrected chi connectivity index (χ2v) is 4.58. The molecule has 1 aromatic heterocycles. The Morgan fingerprint density at radius 1 is 1.62 bits per heavy atom. The minimum Gasteiger partial charge on any atom is -0.366 e. The summed E-state index contributed by atoms with van der Waals surface area (Å²) in [5.74, 6) is 0. The fraction of sp³-hybridized carbons (Fsp3) is 0.636. The fourth-order valence-electron chi connectivity index (χ4n) is 1.83. The van der Waals surface area contributed by atoms with E-state index in [1.54, 1.807) is 13.2 Å². The van der Waals surface area contributed by atoms with Crippen molar-refractivity contribution in [3.05, 3.63) is 21.6 Å². The highest BCUT2D eigenvalue weighted by Crippen LogP contribution is 2.33. The molecule has 4 nitrogen and oxygen atoms in total. The molecule has 1 heterocycles. The third-order valence-electron chi connectivity index (χ3n) is 2.82. The van der Waals surface area contributed by atoms with Gasteiger partial charge in [0.15, 0.2) is 0 Å². The molecule has 0 spiro atoms. The number of aromatic nitrogens is 2. The summed E-state index contributed by atoms with van der Waals surface area (Å²) in [6, 6.07) is 0.548. The predicted molar refractivity (Wildman–Crippen MR) is 65.1 cm³/mol. The van der Waals surface area contributed by atoms with Gasteiger partial charge >= 0.3 is 0 Å². The summed E-state index contributed by atoms with van der Waals surface area (Å²) in [5.41, 5.74) is 0.565. The van der Waals surface area contributed by atoms with E-state index < -0.39 is 0 Å². The van der Waals surface area contributed by atoms with Gasteiger partial charge in [-0.2, -0.15) is 5.10 Å². The summed E-state index contributed by atoms with van der Waals surface area (Å²) in [7, 11) is 1.61. The number of hydrogen-bond acceptors (Lipinski definition) is 3. The van der Waals surface area contributed by atoms with E-state index in [1.807, 2.05) is 0 Å². The van der Waals surface area contributed by atoms with E-state index >= 15 is 0 Å². The van der Waals surface area contributed by atoms with E-state index in [9.17, 15) is 4.79 Å². The number of hydrogen-bond donors (Lipinski definition) is 0. The van der Waals surface area contributed by atoms with Crippen LogP contribution in [0.3, 0.4) is 0 Å². The second kappa shape index (κ2) is 4.45. The first-order valence-corrected chi connectivity index (χ1v) is 6.01. The molecule has 2 rings (SSSR count). The van der Waals surface area contributed by atoms with Gasteiger partial charge in [-0.3, -0.25) is 4.79 Å². The van der Waals surface area contributed by atoms with Gasteiger partial charge in [-0.05, 0) is 19.3 Å². The minimum absolute atomic E-state index is 0.221. The van der Waals surface area contributed by atoms with Crippen LogP contribution in [0.5, 0.6) is 0 Å². The number of anilines is 1. The van der Waals surface area contributed by atoms with Crippen LogP contribution in [0.25, 0.3) is 0 Å². The van der Waals surface area contributed by atoms with Crippen molar-refractivity contribution in [1.82, 2.24) is 9.78 Å². The second-order valence-electron chi connectivity index (χ2n) is 4.20. The van der Waals surface area contributed by atoms with E-state index in [0.29, 0.717) is 6.04 Å².